The molecular weight excluding hydrogens is 209 g/mol. The van der Waals surface area contributed by atoms with Crippen molar-refractivity contribution in [2.45, 2.75) is 12.8 Å². The molecule has 1 aromatic carbocycles. The summed E-state index contributed by atoms with van der Waals surface area (Å²) in [6.07, 6.45) is 1.27. The maximum atomic E-state index is 12.1. The van der Waals surface area contributed by atoms with E-state index in [1.165, 1.54) is 0 Å². The summed E-state index contributed by atoms with van der Waals surface area (Å²) < 4.78 is 12.1. The summed E-state index contributed by atoms with van der Waals surface area (Å²) in [5.74, 6) is 0.0798. The number of fused-ring (bicyclic) bond motifs is 1. The summed E-state index contributed by atoms with van der Waals surface area (Å²) in [7, 11) is -2.48. The molecule has 0 saturated carbocycles. The van der Waals surface area contributed by atoms with Crippen LogP contribution in [0.25, 0.3) is 0 Å². The van der Waals surface area contributed by atoms with Crippen LogP contribution >= 0.6 is 7.14 Å². The fourth-order valence-electron chi connectivity index (χ4n) is 2.12. The molecule has 2 rings (SSSR count). The number of carbonyl (C=O) groups is 1. The second-order valence-corrected chi connectivity index (χ2v) is 7.46. The highest BCUT2D eigenvalue weighted by molar-refractivity contribution is 7.70. The van der Waals surface area contributed by atoms with Gasteiger partial charge in [-0.05, 0) is 31.4 Å². The van der Waals surface area contributed by atoms with Crippen molar-refractivity contribution in [2.24, 2.45) is 0 Å². The van der Waals surface area contributed by atoms with Gasteiger partial charge in [0.25, 0.3) is 0 Å². The van der Waals surface area contributed by atoms with E-state index in [0.717, 1.165) is 12.0 Å². The van der Waals surface area contributed by atoms with Crippen molar-refractivity contribution in [3.8, 4) is 0 Å². The van der Waals surface area contributed by atoms with Crippen molar-refractivity contribution >= 4 is 23.9 Å². The van der Waals surface area contributed by atoms with Crippen molar-refractivity contribution in [3.05, 3.63) is 23.3 Å². The number of nitrogen functional groups attached to an aromatic ring is 1. The van der Waals surface area contributed by atoms with Gasteiger partial charge in [-0.2, -0.15) is 0 Å². The van der Waals surface area contributed by atoms with Gasteiger partial charge in [-0.3, -0.25) is 4.79 Å². The molecular formula is C11H14NO2P. The number of ketones is 1. The van der Waals surface area contributed by atoms with Gasteiger partial charge in [-0.25, -0.2) is 0 Å². The van der Waals surface area contributed by atoms with Gasteiger partial charge in [0.2, 0.25) is 0 Å². The van der Waals surface area contributed by atoms with Crippen molar-refractivity contribution in [3.63, 3.8) is 0 Å². The standard InChI is InChI=1S/C11H14NO2P/c1-15(2,14)11-8(12)5-3-7-4-6-9(13)10(7)11/h3,5H,4,6,12H2,1-2H3. The van der Waals surface area contributed by atoms with Crippen LogP contribution < -0.4 is 11.0 Å². The number of anilines is 1. The van der Waals surface area contributed by atoms with Gasteiger partial charge >= 0.3 is 0 Å². The van der Waals surface area contributed by atoms with E-state index in [-0.39, 0.29) is 5.78 Å². The number of rotatable bonds is 1. The van der Waals surface area contributed by atoms with Crippen molar-refractivity contribution in [2.75, 3.05) is 19.1 Å². The third-order valence-corrected chi connectivity index (χ3v) is 4.29. The molecule has 0 bridgehead atoms. The van der Waals surface area contributed by atoms with Crippen LogP contribution in [-0.2, 0) is 11.0 Å². The molecule has 0 spiro atoms. The largest absolute Gasteiger partial charge is 0.398 e. The lowest BCUT2D eigenvalue weighted by molar-refractivity contribution is 0.0995. The zero-order chi connectivity index (χ0) is 11.2. The molecule has 3 nitrogen and oxygen atoms in total. The average molecular weight is 223 g/mol. The van der Waals surface area contributed by atoms with Crippen LogP contribution in [0.15, 0.2) is 12.1 Å². The third kappa shape index (κ3) is 1.61. The Labute approximate surface area is 89.0 Å². The Kier molecular flexibility index (Phi) is 2.23. The molecule has 2 N–H and O–H groups in total. The van der Waals surface area contributed by atoms with E-state index < -0.39 is 7.14 Å². The van der Waals surface area contributed by atoms with Gasteiger partial charge < -0.3 is 10.3 Å². The number of hydrogen-bond acceptors (Lipinski definition) is 3. The molecule has 0 unspecified atom stereocenters. The van der Waals surface area contributed by atoms with Crippen molar-refractivity contribution < 1.29 is 9.36 Å². The van der Waals surface area contributed by atoms with E-state index in [0.29, 0.717) is 23.0 Å². The summed E-state index contributed by atoms with van der Waals surface area (Å²) >= 11 is 0. The Bertz CT molecular complexity index is 488. The second-order valence-electron chi connectivity index (χ2n) is 4.31. The van der Waals surface area contributed by atoms with Crippen LogP contribution in [0, 0.1) is 0 Å². The minimum atomic E-state index is -2.48. The molecule has 0 radical (unpaired) electrons. The lowest BCUT2D eigenvalue weighted by Crippen LogP contribution is -2.18. The molecule has 4 heteroatoms. The minimum Gasteiger partial charge on any atom is -0.398 e. The van der Waals surface area contributed by atoms with E-state index >= 15 is 0 Å². The van der Waals surface area contributed by atoms with E-state index in [1.807, 2.05) is 6.07 Å². The van der Waals surface area contributed by atoms with Gasteiger partial charge in [0.15, 0.2) is 5.78 Å². The van der Waals surface area contributed by atoms with E-state index in [9.17, 15) is 9.36 Å². The first-order valence-electron chi connectivity index (χ1n) is 4.91. The molecule has 0 heterocycles. The zero-order valence-electron chi connectivity index (χ0n) is 8.91. The molecule has 1 aromatic rings. The number of nitrogens with two attached hydrogens (primary N) is 1. The smallest absolute Gasteiger partial charge is 0.164 e. The Morgan fingerprint density at radius 3 is 2.53 bits per heavy atom. The van der Waals surface area contributed by atoms with Gasteiger partial charge in [-0.15, -0.1) is 0 Å². The number of hydrogen-bond donors (Lipinski definition) is 1. The predicted molar refractivity (Wildman–Crippen MR) is 62.6 cm³/mol. The predicted octanol–water partition coefficient (Wildman–Crippen LogP) is 1.65. The Balaban J connectivity index is 2.79. The van der Waals surface area contributed by atoms with Crippen LogP contribution in [0.3, 0.4) is 0 Å². The van der Waals surface area contributed by atoms with Gasteiger partial charge in [0.1, 0.15) is 7.14 Å². The fourth-order valence-corrected chi connectivity index (χ4v) is 3.63. The average Bonchev–Trinajstić information content (AvgIpc) is 2.46. The number of Topliss-reactive ketones (excluding diaryl/α,β-unsaturated/α-hetero) is 1. The summed E-state index contributed by atoms with van der Waals surface area (Å²) in [4.78, 5) is 11.7. The van der Waals surface area contributed by atoms with Crippen LogP contribution in [-0.4, -0.2) is 19.1 Å². The highest BCUT2D eigenvalue weighted by Gasteiger charge is 2.29. The molecule has 0 amide bonds. The molecule has 0 atom stereocenters. The number of carbonyl (C=O) groups excluding carboxylic acids is 1. The summed E-state index contributed by atoms with van der Waals surface area (Å²) in [5.41, 5.74) is 7.92. The summed E-state index contributed by atoms with van der Waals surface area (Å²) in [6, 6.07) is 3.63. The van der Waals surface area contributed by atoms with Crippen LogP contribution in [0.5, 0.6) is 0 Å². The van der Waals surface area contributed by atoms with E-state index in [4.69, 9.17) is 5.73 Å². The lowest BCUT2D eigenvalue weighted by Gasteiger charge is -2.14. The first kappa shape index (κ1) is 10.4. The zero-order valence-corrected chi connectivity index (χ0v) is 9.80. The van der Waals surface area contributed by atoms with E-state index in [2.05, 4.69) is 0 Å². The van der Waals surface area contributed by atoms with Crippen LogP contribution in [0.4, 0.5) is 5.69 Å². The lowest BCUT2D eigenvalue weighted by atomic mass is 10.1. The maximum Gasteiger partial charge on any atom is 0.164 e. The third-order valence-electron chi connectivity index (χ3n) is 2.73. The molecule has 15 heavy (non-hydrogen) atoms. The second kappa shape index (κ2) is 3.21. The van der Waals surface area contributed by atoms with Gasteiger partial charge in [0, 0.05) is 23.0 Å². The molecule has 80 valence electrons. The Hall–Kier alpha value is -1.08. The molecule has 1 aliphatic rings. The first-order valence-corrected chi connectivity index (χ1v) is 7.51. The molecule has 0 fully saturated rings. The van der Waals surface area contributed by atoms with Crippen molar-refractivity contribution in [1.29, 1.82) is 0 Å². The topological polar surface area (TPSA) is 60.2 Å². The minimum absolute atomic E-state index is 0.0798. The van der Waals surface area contributed by atoms with Gasteiger partial charge in [0.05, 0.1) is 0 Å². The number of benzene rings is 1. The molecule has 0 saturated heterocycles. The van der Waals surface area contributed by atoms with E-state index in [1.54, 1.807) is 19.4 Å². The van der Waals surface area contributed by atoms with Crippen molar-refractivity contribution in [1.82, 2.24) is 0 Å². The fraction of sp³-hybridized carbons (Fsp3) is 0.364. The van der Waals surface area contributed by atoms with Crippen LogP contribution in [0.1, 0.15) is 22.3 Å². The first-order chi connectivity index (χ1) is 6.91. The highest BCUT2D eigenvalue weighted by Crippen LogP contribution is 2.41. The maximum absolute atomic E-state index is 12.1. The SMILES string of the molecule is CP(C)(=O)c1c(N)ccc2c1C(=O)CC2. The quantitative estimate of drug-likeness (QED) is 0.581. The summed E-state index contributed by atoms with van der Waals surface area (Å²) in [6.45, 7) is 3.31. The molecule has 0 aliphatic heterocycles. The Morgan fingerprint density at radius 2 is 1.93 bits per heavy atom. The molecule has 1 aliphatic carbocycles. The number of aryl methyl sites for hydroxylation is 1. The van der Waals surface area contributed by atoms with Gasteiger partial charge in [-0.1, -0.05) is 6.07 Å². The normalized spacial score (nSPS) is 15.5. The van der Waals surface area contributed by atoms with Crippen LogP contribution in [0.2, 0.25) is 0 Å². The molecule has 0 aromatic heterocycles. The highest BCUT2D eigenvalue weighted by atomic mass is 31.2. The monoisotopic (exact) mass is 223 g/mol. The summed E-state index contributed by atoms with van der Waals surface area (Å²) in [5, 5.41) is 0.586. The Morgan fingerprint density at radius 1 is 1.27 bits per heavy atom.